The summed E-state index contributed by atoms with van der Waals surface area (Å²) in [5, 5.41) is 3.64. The van der Waals surface area contributed by atoms with Crippen molar-refractivity contribution in [1.29, 1.82) is 0 Å². The van der Waals surface area contributed by atoms with E-state index in [1.807, 2.05) is 31.2 Å². The number of amides is 2. The monoisotopic (exact) mass is 515 g/mol. The number of benzene rings is 2. The van der Waals surface area contributed by atoms with Crippen molar-refractivity contribution < 1.29 is 14.4 Å². The average Bonchev–Trinajstić information content (AvgIpc) is 3.14. The summed E-state index contributed by atoms with van der Waals surface area (Å²) in [4.78, 5) is 42.2. The van der Waals surface area contributed by atoms with Crippen molar-refractivity contribution in [3.63, 3.8) is 0 Å². The minimum absolute atomic E-state index is 0.0734. The summed E-state index contributed by atoms with van der Waals surface area (Å²) in [6, 6.07) is 10.9. The zero-order valence-corrected chi connectivity index (χ0v) is 21.2. The number of hydrogen-bond donors (Lipinski definition) is 2. The largest absolute Gasteiger partial charge is 0.352 e. The van der Waals surface area contributed by atoms with E-state index in [0.29, 0.717) is 29.0 Å². The topological polar surface area (TPSA) is 101 Å². The Morgan fingerprint density at radius 2 is 1.80 bits per heavy atom. The number of likely N-dealkylation sites (N-methyl/N-ethyl adjacent to an activating group) is 1. The number of rotatable bonds is 5. The number of nitrogens with two attached hydrogens (primary N) is 1. The van der Waals surface area contributed by atoms with Gasteiger partial charge in [-0.05, 0) is 43.7 Å². The number of nitrogen functional groups attached to an aromatic ring is 1. The lowest BCUT2D eigenvalue weighted by molar-refractivity contribution is -0.116. The van der Waals surface area contributed by atoms with E-state index in [-0.39, 0.29) is 34.1 Å². The second-order valence-corrected chi connectivity index (χ2v) is 9.77. The maximum atomic E-state index is 13.6. The molecule has 8 nitrogen and oxygen atoms in total. The molecule has 1 aliphatic rings. The van der Waals surface area contributed by atoms with E-state index in [4.69, 9.17) is 29.0 Å². The van der Waals surface area contributed by atoms with Crippen molar-refractivity contribution in [3.8, 4) is 0 Å². The smallest absolute Gasteiger partial charge is 0.292 e. The van der Waals surface area contributed by atoms with Gasteiger partial charge in [0.25, 0.3) is 17.6 Å². The van der Waals surface area contributed by atoms with E-state index in [1.165, 1.54) is 17.9 Å². The van der Waals surface area contributed by atoms with Crippen molar-refractivity contribution in [3.05, 3.63) is 69.3 Å². The molecule has 0 radical (unpaired) electrons. The fraction of sp³-hybridized carbons (Fsp3) is 0.320. The van der Waals surface area contributed by atoms with Crippen molar-refractivity contribution in [2.45, 2.75) is 32.5 Å². The first kappa shape index (κ1) is 25.0. The van der Waals surface area contributed by atoms with Gasteiger partial charge in [-0.2, -0.15) is 0 Å². The first-order valence-corrected chi connectivity index (χ1v) is 12.0. The van der Waals surface area contributed by atoms with Gasteiger partial charge in [0.15, 0.2) is 0 Å². The molecule has 1 aromatic heterocycles. The molecule has 1 fully saturated rings. The number of nitrogens with one attached hydrogen (secondary N) is 1. The Labute approximate surface area is 213 Å². The van der Waals surface area contributed by atoms with Crippen LogP contribution in [0.4, 0.5) is 0 Å². The third-order valence-corrected chi connectivity index (χ3v) is 7.03. The molecule has 1 saturated heterocycles. The molecule has 2 atom stereocenters. The van der Waals surface area contributed by atoms with Crippen LogP contribution in [0, 0.1) is 0 Å². The van der Waals surface area contributed by atoms with Gasteiger partial charge in [-0.1, -0.05) is 35.3 Å². The van der Waals surface area contributed by atoms with Gasteiger partial charge in [-0.15, -0.1) is 0 Å². The molecular weight excluding hydrogens is 489 g/mol. The molecule has 0 bridgehead atoms. The SMILES string of the molecule is CNC(=O)C(=O)c1cn(N)c2cc(Cl)c(C(=O)N3C[C@H](C)N(Cc4cccc(Cl)c4)CC3C)cc12. The number of carbonyl (C=O) groups is 3. The van der Waals surface area contributed by atoms with Crippen molar-refractivity contribution in [2.24, 2.45) is 0 Å². The predicted molar refractivity (Wildman–Crippen MR) is 137 cm³/mol. The summed E-state index contributed by atoms with van der Waals surface area (Å²) in [5.74, 6) is 4.25. The summed E-state index contributed by atoms with van der Waals surface area (Å²) < 4.78 is 1.23. The van der Waals surface area contributed by atoms with Crippen LogP contribution in [0.3, 0.4) is 0 Å². The van der Waals surface area contributed by atoms with Crippen molar-refractivity contribution in [1.82, 2.24) is 19.8 Å². The van der Waals surface area contributed by atoms with Gasteiger partial charge in [-0.3, -0.25) is 24.0 Å². The zero-order valence-electron chi connectivity index (χ0n) is 19.7. The second kappa shape index (κ2) is 9.89. The van der Waals surface area contributed by atoms with Gasteiger partial charge >= 0.3 is 0 Å². The zero-order chi connectivity index (χ0) is 25.4. The molecule has 0 saturated carbocycles. The lowest BCUT2D eigenvalue weighted by Crippen LogP contribution is -2.57. The fourth-order valence-corrected chi connectivity index (χ4v) is 5.03. The van der Waals surface area contributed by atoms with Crippen LogP contribution < -0.4 is 11.2 Å². The Kier molecular flexibility index (Phi) is 7.07. The molecule has 1 unspecified atom stereocenters. The lowest BCUT2D eigenvalue weighted by atomic mass is 10.0. The van der Waals surface area contributed by atoms with Crippen LogP contribution in [0.15, 0.2) is 42.6 Å². The highest BCUT2D eigenvalue weighted by Crippen LogP contribution is 2.30. The first-order chi connectivity index (χ1) is 16.6. The Morgan fingerprint density at radius 3 is 2.49 bits per heavy atom. The number of Topliss-reactive ketones (excluding diaryl/α,β-unsaturated/α-hetero) is 1. The Balaban J connectivity index is 1.60. The molecule has 35 heavy (non-hydrogen) atoms. The maximum Gasteiger partial charge on any atom is 0.292 e. The average molecular weight is 516 g/mol. The Morgan fingerprint density at radius 1 is 1.06 bits per heavy atom. The number of halogens is 2. The lowest BCUT2D eigenvalue weighted by Gasteiger charge is -2.44. The maximum absolute atomic E-state index is 13.6. The number of fused-ring (bicyclic) bond motifs is 1. The molecule has 2 heterocycles. The molecule has 2 aromatic carbocycles. The van der Waals surface area contributed by atoms with Gasteiger partial charge in [-0.25, -0.2) is 0 Å². The number of hydrogen-bond acceptors (Lipinski definition) is 5. The minimum Gasteiger partial charge on any atom is -0.352 e. The molecule has 10 heteroatoms. The minimum atomic E-state index is -0.765. The van der Waals surface area contributed by atoms with Gasteiger partial charge in [0.2, 0.25) is 0 Å². The number of nitrogens with zero attached hydrogens (tertiary/aromatic N) is 3. The van der Waals surface area contributed by atoms with Crippen LogP contribution in [0.5, 0.6) is 0 Å². The van der Waals surface area contributed by atoms with Gasteiger partial charge < -0.3 is 16.1 Å². The van der Waals surface area contributed by atoms with E-state index in [0.717, 1.165) is 12.1 Å². The van der Waals surface area contributed by atoms with Crippen LogP contribution in [-0.2, 0) is 11.3 Å². The molecule has 0 aliphatic carbocycles. The third kappa shape index (κ3) is 4.87. The fourth-order valence-electron chi connectivity index (χ4n) is 4.58. The number of ketones is 1. The van der Waals surface area contributed by atoms with Crippen LogP contribution in [-0.4, -0.2) is 64.3 Å². The standard InChI is InChI=1S/C25H27Cl2N5O3/c1-14-11-31(15(2)10-30(14)12-16-5-4-6-17(26)7-16)25(35)19-8-18-20(23(33)24(34)29-3)13-32(28)22(18)9-21(19)27/h4-9,13-15H,10-12,28H2,1-3H3,(H,29,34)/t14-,15?/m0/s1. The highest BCUT2D eigenvalue weighted by Gasteiger charge is 2.34. The van der Waals surface area contributed by atoms with Crippen LogP contribution >= 0.6 is 23.2 Å². The van der Waals surface area contributed by atoms with E-state index in [1.54, 1.807) is 17.0 Å². The third-order valence-electron chi connectivity index (χ3n) is 6.48. The van der Waals surface area contributed by atoms with Crippen molar-refractivity contribution in [2.75, 3.05) is 26.0 Å². The number of carbonyl (C=O) groups excluding carboxylic acids is 3. The van der Waals surface area contributed by atoms with E-state index in [9.17, 15) is 14.4 Å². The predicted octanol–water partition coefficient (Wildman–Crippen LogP) is 3.33. The Hall–Kier alpha value is -3.07. The van der Waals surface area contributed by atoms with Crippen LogP contribution in [0.25, 0.3) is 10.9 Å². The van der Waals surface area contributed by atoms with Gasteiger partial charge in [0.1, 0.15) is 0 Å². The number of piperazine rings is 1. The van der Waals surface area contributed by atoms with E-state index in [2.05, 4.69) is 17.1 Å². The van der Waals surface area contributed by atoms with E-state index >= 15 is 0 Å². The number of aromatic nitrogens is 1. The molecule has 3 N–H and O–H groups in total. The quantitative estimate of drug-likeness (QED) is 0.308. The van der Waals surface area contributed by atoms with Crippen LogP contribution in [0.1, 0.15) is 40.1 Å². The molecule has 184 valence electrons. The summed E-state index contributed by atoms with van der Waals surface area (Å²) in [6.07, 6.45) is 1.37. The highest BCUT2D eigenvalue weighted by molar-refractivity contribution is 6.45. The van der Waals surface area contributed by atoms with Crippen molar-refractivity contribution >= 4 is 51.7 Å². The summed E-state index contributed by atoms with van der Waals surface area (Å²) >= 11 is 12.6. The van der Waals surface area contributed by atoms with E-state index < -0.39 is 11.7 Å². The second-order valence-electron chi connectivity index (χ2n) is 8.92. The highest BCUT2D eigenvalue weighted by atomic mass is 35.5. The molecule has 2 amide bonds. The first-order valence-electron chi connectivity index (χ1n) is 11.3. The molecule has 1 aliphatic heterocycles. The van der Waals surface area contributed by atoms with Crippen LogP contribution in [0.2, 0.25) is 10.0 Å². The summed E-state index contributed by atoms with van der Waals surface area (Å²) in [5.41, 5.74) is 1.94. The molecule has 4 rings (SSSR count). The normalized spacial score (nSPS) is 18.6. The molecule has 0 spiro atoms. The van der Waals surface area contributed by atoms with Gasteiger partial charge in [0.05, 0.1) is 21.7 Å². The van der Waals surface area contributed by atoms with Gasteiger partial charge in [0, 0.05) is 55.4 Å². The summed E-state index contributed by atoms with van der Waals surface area (Å²) in [6.45, 7) is 6.00. The molecular formula is C25H27Cl2N5O3. The molecule has 3 aromatic rings. The summed E-state index contributed by atoms with van der Waals surface area (Å²) in [7, 11) is 1.38. The Bertz CT molecular complexity index is 1320.